The van der Waals surface area contributed by atoms with Gasteiger partial charge >= 0.3 is 12.0 Å². The van der Waals surface area contributed by atoms with Crippen molar-refractivity contribution >= 4 is 40.4 Å². The number of amides is 3. The molecule has 0 spiro atoms. The molecule has 7 rings (SSSR count). The number of anilines is 1. The fraction of sp³-hybridized carbons (Fsp3) is 0.429. The third kappa shape index (κ3) is 5.12. The van der Waals surface area contributed by atoms with Gasteiger partial charge in [-0.2, -0.15) is 24.3 Å². The Morgan fingerprint density at radius 3 is 2.30 bits per heavy atom. The molecule has 4 aromatic rings. The van der Waals surface area contributed by atoms with E-state index in [1.165, 1.54) is 37.4 Å². The highest BCUT2D eigenvalue weighted by atomic mass is 16.4. The predicted molar refractivity (Wildman–Crippen MR) is 175 cm³/mol. The summed E-state index contributed by atoms with van der Waals surface area (Å²) in [7, 11) is 0. The molecule has 3 heterocycles. The molecule has 11 nitrogen and oxygen atoms in total. The van der Waals surface area contributed by atoms with Crippen LogP contribution in [0, 0.1) is 0 Å². The van der Waals surface area contributed by atoms with Gasteiger partial charge in [0.25, 0.3) is 5.91 Å². The van der Waals surface area contributed by atoms with Crippen molar-refractivity contribution in [2.24, 2.45) is 0 Å². The van der Waals surface area contributed by atoms with Crippen molar-refractivity contribution < 1.29 is 19.5 Å². The lowest BCUT2D eigenvalue weighted by Gasteiger charge is -2.40. The molecule has 0 bridgehead atoms. The van der Waals surface area contributed by atoms with Crippen LogP contribution in [0.25, 0.3) is 16.6 Å². The van der Waals surface area contributed by atoms with Crippen molar-refractivity contribution in [1.82, 2.24) is 29.5 Å². The van der Waals surface area contributed by atoms with Gasteiger partial charge in [0.15, 0.2) is 0 Å². The van der Waals surface area contributed by atoms with Gasteiger partial charge in [-0.3, -0.25) is 9.59 Å². The second-order valence-electron chi connectivity index (χ2n) is 13.2. The Morgan fingerprint density at radius 1 is 0.935 bits per heavy atom. The summed E-state index contributed by atoms with van der Waals surface area (Å²) in [6.45, 7) is 2.32. The predicted octanol–water partition coefficient (Wildman–Crippen LogP) is 6.32. The molecule has 1 unspecified atom stereocenters. The summed E-state index contributed by atoms with van der Waals surface area (Å²) in [6, 6.07) is 15.6. The molecule has 238 valence electrons. The van der Waals surface area contributed by atoms with Crippen LogP contribution in [0.4, 0.5) is 16.4 Å². The lowest BCUT2D eigenvalue weighted by molar-refractivity contribution is -0.125. The molecule has 3 N–H and O–H groups in total. The lowest BCUT2D eigenvalue weighted by atomic mass is 9.75. The quantitative estimate of drug-likeness (QED) is 0.205. The first-order valence-corrected chi connectivity index (χ1v) is 16.5. The zero-order chi connectivity index (χ0) is 31.9. The van der Waals surface area contributed by atoms with Gasteiger partial charge in [-0.25, -0.2) is 4.68 Å². The SMILES string of the molecule is C[C@@H]1CCC[N+]1(C(=O)O)c1ncc(NC(=O)C2(NC(=O)c3ccc4c(C5CCCCC5)n(-c5ccccc5)nc4c3)CCC2)cn1. The van der Waals surface area contributed by atoms with Crippen molar-refractivity contribution in [2.75, 3.05) is 11.9 Å². The van der Waals surface area contributed by atoms with Crippen molar-refractivity contribution in [2.45, 2.75) is 88.6 Å². The number of hydrogen-bond acceptors (Lipinski definition) is 6. The van der Waals surface area contributed by atoms with Gasteiger partial charge < -0.3 is 15.7 Å². The zero-order valence-electron chi connectivity index (χ0n) is 26.1. The fourth-order valence-corrected chi connectivity index (χ4v) is 7.60. The molecule has 11 heteroatoms. The number of nitrogens with one attached hydrogen (secondary N) is 2. The highest BCUT2D eigenvalue weighted by Crippen LogP contribution is 2.39. The fourth-order valence-electron chi connectivity index (χ4n) is 7.60. The van der Waals surface area contributed by atoms with Crippen molar-refractivity contribution in [3.05, 3.63) is 72.2 Å². The van der Waals surface area contributed by atoms with Gasteiger partial charge in [0.2, 0.25) is 5.91 Å². The average Bonchev–Trinajstić information content (AvgIpc) is 3.64. The molecule has 2 aliphatic carbocycles. The molecule has 2 saturated carbocycles. The Hall–Kier alpha value is -4.64. The summed E-state index contributed by atoms with van der Waals surface area (Å²) in [5.41, 5.74) is 2.71. The Balaban J connectivity index is 1.11. The molecule has 0 radical (unpaired) electrons. The van der Waals surface area contributed by atoms with Gasteiger partial charge in [-0.15, -0.1) is 0 Å². The first kappa shape index (κ1) is 30.0. The van der Waals surface area contributed by atoms with Gasteiger partial charge in [0.1, 0.15) is 11.6 Å². The van der Waals surface area contributed by atoms with Crippen LogP contribution >= 0.6 is 0 Å². The molecule has 2 aromatic heterocycles. The normalized spacial score (nSPS) is 22.7. The van der Waals surface area contributed by atoms with Crippen molar-refractivity contribution in [3.63, 3.8) is 0 Å². The molecule has 3 aliphatic rings. The maximum Gasteiger partial charge on any atom is 0.521 e. The first-order valence-electron chi connectivity index (χ1n) is 16.5. The van der Waals surface area contributed by atoms with Crippen LogP contribution in [0.1, 0.15) is 93.1 Å². The van der Waals surface area contributed by atoms with E-state index in [0.717, 1.165) is 48.7 Å². The number of para-hydroxylation sites is 1. The van der Waals surface area contributed by atoms with Crippen LogP contribution in [-0.2, 0) is 4.79 Å². The number of benzene rings is 2. The van der Waals surface area contributed by atoms with Crippen LogP contribution in [0.2, 0.25) is 0 Å². The first-order chi connectivity index (χ1) is 22.3. The van der Waals surface area contributed by atoms with E-state index in [2.05, 4.69) is 32.7 Å². The molecular weight excluding hydrogens is 582 g/mol. The molecular formula is C35H40N7O4+. The highest BCUT2D eigenvalue weighted by Gasteiger charge is 2.51. The topological polar surface area (TPSA) is 139 Å². The number of rotatable bonds is 7. The minimum absolute atomic E-state index is 0.142. The van der Waals surface area contributed by atoms with Crippen molar-refractivity contribution in [1.29, 1.82) is 0 Å². The minimum Gasteiger partial charge on any atom is -0.435 e. The minimum atomic E-state index is -1.06. The van der Waals surface area contributed by atoms with Crippen LogP contribution < -0.4 is 15.1 Å². The number of carboxylic acid groups (broad SMARTS) is 1. The van der Waals surface area contributed by atoms with Crippen LogP contribution in [0.15, 0.2) is 60.9 Å². The Morgan fingerprint density at radius 2 is 1.67 bits per heavy atom. The van der Waals surface area contributed by atoms with Crippen LogP contribution in [0.3, 0.4) is 0 Å². The van der Waals surface area contributed by atoms with E-state index in [0.29, 0.717) is 36.6 Å². The smallest absolute Gasteiger partial charge is 0.435 e. The number of carbonyl (C=O) groups is 3. The van der Waals surface area contributed by atoms with E-state index in [4.69, 9.17) is 5.10 Å². The molecule has 3 fully saturated rings. The number of nitrogens with zero attached hydrogens (tertiary/aromatic N) is 5. The monoisotopic (exact) mass is 622 g/mol. The largest absolute Gasteiger partial charge is 0.521 e. The standard InChI is InChI=1S/C35H39N7O4/c1-23-10-8-19-42(23,34(45)46)33-36-21-26(22-37-33)38-32(44)35(17-9-18-35)39-31(43)25-15-16-28-29(20-25)40-41(27-13-6-3-7-14-27)30(28)24-11-4-2-5-12-24/h3,6-7,13-16,20-24H,2,4-5,8-12,17-19H2,1H3,(H2-,38,39,43,44,45,46)/p+1/t23-,42?/m1/s1. The maximum atomic E-state index is 13.6. The lowest BCUT2D eigenvalue weighted by Crippen LogP contribution is -2.61. The molecule has 1 aliphatic heterocycles. The highest BCUT2D eigenvalue weighted by molar-refractivity contribution is 6.05. The maximum absolute atomic E-state index is 13.6. The molecule has 46 heavy (non-hydrogen) atoms. The molecule has 2 aromatic carbocycles. The van der Waals surface area contributed by atoms with E-state index in [9.17, 15) is 19.5 Å². The Kier molecular flexibility index (Phi) is 7.80. The number of hydrogen-bond donors (Lipinski definition) is 3. The van der Waals surface area contributed by atoms with E-state index in [1.54, 1.807) is 0 Å². The number of likely N-dealkylation sites (tertiary alicyclic amines) is 1. The molecule has 2 atom stereocenters. The van der Waals surface area contributed by atoms with Gasteiger partial charge in [0, 0.05) is 29.7 Å². The van der Waals surface area contributed by atoms with E-state index in [1.807, 2.05) is 48.0 Å². The summed E-state index contributed by atoms with van der Waals surface area (Å²) < 4.78 is 1.73. The van der Waals surface area contributed by atoms with E-state index < -0.39 is 11.6 Å². The third-order valence-corrected chi connectivity index (χ3v) is 10.4. The van der Waals surface area contributed by atoms with Gasteiger partial charge in [0.05, 0.1) is 41.5 Å². The summed E-state index contributed by atoms with van der Waals surface area (Å²) >= 11 is 0. The van der Waals surface area contributed by atoms with Gasteiger partial charge in [-0.1, -0.05) is 43.5 Å². The average molecular weight is 623 g/mol. The Bertz CT molecular complexity index is 1780. The van der Waals surface area contributed by atoms with Crippen LogP contribution in [-0.4, -0.2) is 60.9 Å². The van der Waals surface area contributed by atoms with E-state index in [-0.39, 0.29) is 28.3 Å². The van der Waals surface area contributed by atoms with Crippen LogP contribution in [0.5, 0.6) is 0 Å². The zero-order valence-corrected chi connectivity index (χ0v) is 26.1. The van der Waals surface area contributed by atoms with E-state index >= 15 is 0 Å². The summed E-state index contributed by atoms with van der Waals surface area (Å²) in [5.74, 6) is -0.0467. The summed E-state index contributed by atoms with van der Waals surface area (Å²) in [5, 5.41) is 21.9. The van der Waals surface area contributed by atoms with Crippen molar-refractivity contribution in [3.8, 4) is 5.69 Å². The molecule has 1 saturated heterocycles. The Labute approximate surface area is 267 Å². The number of carbonyl (C=O) groups excluding carboxylic acids is 2. The number of quaternary nitrogens is 1. The summed E-state index contributed by atoms with van der Waals surface area (Å²) in [4.78, 5) is 48.1. The summed E-state index contributed by atoms with van der Waals surface area (Å²) in [6.07, 6.45) is 11.2. The number of fused-ring (bicyclic) bond motifs is 1. The second kappa shape index (κ2) is 11.9. The second-order valence-corrected chi connectivity index (χ2v) is 13.2. The number of aromatic nitrogens is 4. The van der Waals surface area contributed by atoms with Gasteiger partial charge in [-0.05, 0) is 63.3 Å². The third-order valence-electron chi connectivity index (χ3n) is 10.4. The molecule has 3 amide bonds.